The average Bonchev–Trinajstić information content (AvgIpc) is 2.46. The summed E-state index contributed by atoms with van der Waals surface area (Å²) in [6, 6.07) is 4.11. The Kier molecular flexibility index (Phi) is 4.69. The summed E-state index contributed by atoms with van der Waals surface area (Å²) in [5, 5.41) is 9.53. The molecule has 1 aromatic carbocycles. The number of aliphatic carboxylic acids is 1. The Morgan fingerprint density at radius 2 is 2.10 bits per heavy atom. The first kappa shape index (κ1) is 15.6. The third-order valence-corrected chi connectivity index (χ3v) is 3.91. The fraction of sp³-hybridized carbons (Fsp3) is 0.429. The molecule has 0 aromatic heterocycles. The summed E-state index contributed by atoms with van der Waals surface area (Å²) in [4.78, 5) is 26.9. The second kappa shape index (κ2) is 6.32. The zero-order valence-corrected chi connectivity index (χ0v) is 12.6. The highest BCUT2D eigenvalue weighted by molar-refractivity contribution is 6.32. The minimum Gasteiger partial charge on any atom is -0.495 e. The van der Waals surface area contributed by atoms with Crippen molar-refractivity contribution < 1.29 is 19.4 Å². The Morgan fingerprint density at radius 3 is 2.67 bits per heavy atom. The molecular weight excluding hydrogens is 296 g/mol. The third-order valence-electron chi connectivity index (χ3n) is 3.62. The standard InChI is InChI=1S/C14H17ClN2O4/c1-16-5-6-17(8-11(16)14(19)20)13(18)9-3-4-12(21-2)10(15)7-9/h3-4,7,11H,5-6,8H2,1-2H3,(H,19,20)/t11-/m1/s1. The fourth-order valence-electron chi connectivity index (χ4n) is 2.31. The van der Waals surface area contributed by atoms with Crippen LogP contribution in [0.5, 0.6) is 5.75 Å². The minimum absolute atomic E-state index is 0.161. The van der Waals surface area contributed by atoms with Crippen LogP contribution in [0.2, 0.25) is 5.02 Å². The number of carbonyl (C=O) groups is 2. The molecule has 1 heterocycles. The lowest BCUT2D eigenvalue weighted by Crippen LogP contribution is -2.56. The molecule has 0 bridgehead atoms. The third kappa shape index (κ3) is 3.28. The van der Waals surface area contributed by atoms with Gasteiger partial charge in [0.1, 0.15) is 11.8 Å². The van der Waals surface area contributed by atoms with Gasteiger partial charge in [-0.25, -0.2) is 0 Å². The van der Waals surface area contributed by atoms with E-state index in [4.69, 9.17) is 16.3 Å². The molecule has 1 N–H and O–H groups in total. The van der Waals surface area contributed by atoms with Gasteiger partial charge in [-0.1, -0.05) is 11.6 Å². The zero-order valence-electron chi connectivity index (χ0n) is 11.9. The molecule has 114 valence electrons. The number of likely N-dealkylation sites (N-methyl/N-ethyl adjacent to an activating group) is 1. The summed E-state index contributed by atoms with van der Waals surface area (Å²) in [5.74, 6) is -0.656. The van der Waals surface area contributed by atoms with Gasteiger partial charge in [-0.2, -0.15) is 0 Å². The lowest BCUT2D eigenvalue weighted by molar-refractivity contribution is -0.144. The molecule has 0 aliphatic carbocycles. The highest BCUT2D eigenvalue weighted by Gasteiger charge is 2.32. The lowest BCUT2D eigenvalue weighted by atomic mass is 10.1. The van der Waals surface area contributed by atoms with Gasteiger partial charge < -0.3 is 14.7 Å². The van der Waals surface area contributed by atoms with Gasteiger partial charge in [-0.05, 0) is 25.2 Å². The first-order valence-electron chi connectivity index (χ1n) is 6.50. The van der Waals surface area contributed by atoms with Crippen molar-refractivity contribution in [3.63, 3.8) is 0 Å². The SMILES string of the molecule is COc1ccc(C(=O)N2CCN(C)[C@@H](C(=O)O)C2)cc1Cl. The second-order valence-corrected chi connectivity index (χ2v) is 5.34. The Morgan fingerprint density at radius 1 is 1.38 bits per heavy atom. The molecule has 0 saturated carbocycles. The van der Waals surface area contributed by atoms with E-state index < -0.39 is 12.0 Å². The molecule has 1 aromatic rings. The second-order valence-electron chi connectivity index (χ2n) is 4.94. The topological polar surface area (TPSA) is 70.1 Å². The number of carbonyl (C=O) groups excluding carboxylic acids is 1. The van der Waals surface area contributed by atoms with Crippen molar-refractivity contribution in [3.8, 4) is 5.75 Å². The van der Waals surface area contributed by atoms with Gasteiger partial charge in [0.05, 0.1) is 12.1 Å². The summed E-state index contributed by atoms with van der Waals surface area (Å²) in [6.45, 7) is 1.17. The number of carboxylic acid groups (broad SMARTS) is 1. The molecule has 0 radical (unpaired) electrons. The molecule has 1 aliphatic heterocycles. The highest BCUT2D eigenvalue weighted by atomic mass is 35.5. The predicted molar refractivity (Wildman–Crippen MR) is 78.0 cm³/mol. The van der Waals surface area contributed by atoms with Crippen molar-refractivity contribution in [2.24, 2.45) is 0 Å². The van der Waals surface area contributed by atoms with Crippen LogP contribution in [0.25, 0.3) is 0 Å². The first-order chi connectivity index (χ1) is 9.93. The van der Waals surface area contributed by atoms with Gasteiger partial charge in [0.2, 0.25) is 0 Å². The molecule has 21 heavy (non-hydrogen) atoms. The van der Waals surface area contributed by atoms with Crippen LogP contribution in [0.4, 0.5) is 0 Å². The molecule has 0 spiro atoms. The number of piperazine rings is 1. The Balaban J connectivity index is 2.16. The van der Waals surface area contributed by atoms with E-state index in [1.54, 1.807) is 24.1 Å². The van der Waals surface area contributed by atoms with E-state index in [1.165, 1.54) is 18.1 Å². The quantitative estimate of drug-likeness (QED) is 0.908. The number of benzene rings is 1. The largest absolute Gasteiger partial charge is 0.495 e. The van der Waals surface area contributed by atoms with Gasteiger partial charge in [0.15, 0.2) is 0 Å². The van der Waals surface area contributed by atoms with Gasteiger partial charge in [0, 0.05) is 25.2 Å². The smallest absolute Gasteiger partial charge is 0.322 e. The summed E-state index contributed by atoms with van der Waals surface area (Å²) in [7, 11) is 3.24. The van der Waals surface area contributed by atoms with Crippen LogP contribution in [-0.4, -0.2) is 66.6 Å². The molecule has 1 atom stereocenters. The van der Waals surface area contributed by atoms with Crippen molar-refractivity contribution in [2.45, 2.75) is 6.04 Å². The number of ether oxygens (including phenoxy) is 1. The molecule has 0 unspecified atom stereocenters. The monoisotopic (exact) mass is 312 g/mol. The van der Waals surface area contributed by atoms with E-state index in [9.17, 15) is 14.7 Å². The van der Waals surface area contributed by atoms with Gasteiger partial charge >= 0.3 is 5.97 Å². The molecule has 2 rings (SSSR count). The summed E-state index contributed by atoms with van der Waals surface area (Å²) < 4.78 is 5.05. The van der Waals surface area contributed by atoms with E-state index in [0.717, 1.165) is 0 Å². The number of amides is 1. The molecule has 6 nitrogen and oxygen atoms in total. The van der Waals surface area contributed by atoms with Crippen molar-refractivity contribution >= 4 is 23.5 Å². The maximum atomic E-state index is 12.4. The van der Waals surface area contributed by atoms with Crippen molar-refractivity contribution in [3.05, 3.63) is 28.8 Å². The van der Waals surface area contributed by atoms with Crippen LogP contribution in [0.1, 0.15) is 10.4 Å². The first-order valence-corrected chi connectivity index (χ1v) is 6.87. The van der Waals surface area contributed by atoms with Crippen LogP contribution in [0, 0.1) is 0 Å². The Labute approximate surface area is 127 Å². The van der Waals surface area contributed by atoms with Gasteiger partial charge in [-0.3, -0.25) is 14.5 Å². The number of halogens is 1. The van der Waals surface area contributed by atoms with Crippen LogP contribution in [0.3, 0.4) is 0 Å². The van der Waals surface area contributed by atoms with E-state index >= 15 is 0 Å². The molecule has 1 amide bonds. The molecule has 1 fully saturated rings. The number of hydrogen-bond donors (Lipinski definition) is 1. The number of hydrogen-bond acceptors (Lipinski definition) is 4. The summed E-state index contributed by atoms with van der Waals surface area (Å²) >= 11 is 6.02. The molecular formula is C14H17ClN2O4. The van der Waals surface area contributed by atoms with Crippen LogP contribution >= 0.6 is 11.6 Å². The predicted octanol–water partition coefficient (Wildman–Crippen LogP) is 1.19. The van der Waals surface area contributed by atoms with Crippen LogP contribution in [0.15, 0.2) is 18.2 Å². The molecule has 7 heteroatoms. The lowest BCUT2D eigenvalue weighted by Gasteiger charge is -2.37. The van der Waals surface area contributed by atoms with E-state index in [2.05, 4.69) is 0 Å². The summed E-state index contributed by atoms with van der Waals surface area (Å²) in [5.41, 5.74) is 0.425. The van der Waals surface area contributed by atoms with E-state index in [1.807, 2.05) is 0 Å². The Hall–Kier alpha value is -1.79. The highest BCUT2D eigenvalue weighted by Crippen LogP contribution is 2.25. The molecule has 1 aliphatic rings. The summed E-state index contributed by atoms with van der Waals surface area (Å²) in [6.07, 6.45) is 0. The maximum Gasteiger partial charge on any atom is 0.322 e. The fourth-order valence-corrected chi connectivity index (χ4v) is 2.56. The number of carboxylic acids is 1. The maximum absolute atomic E-state index is 12.4. The van der Waals surface area contributed by atoms with E-state index in [0.29, 0.717) is 29.4 Å². The van der Waals surface area contributed by atoms with Gasteiger partial charge in [0.25, 0.3) is 5.91 Å². The van der Waals surface area contributed by atoms with Crippen molar-refractivity contribution in [1.29, 1.82) is 0 Å². The van der Waals surface area contributed by atoms with Crippen LogP contribution < -0.4 is 4.74 Å². The van der Waals surface area contributed by atoms with Crippen LogP contribution in [-0.2, 0) is 4.79 Å². The zero-order chi connectivity index (χ0) is 15.6. The number of nitrogens with zero attached hydrogens (tertiary/aromatic N) is 2. The van der Waals surface area contributed by atoms with E-state index in [-0.39, 0.29) is 12.5 Å². The molecule has 1 saturated heterocycles. The number of methoxy groups -OCH3 is 1. The van der Waals surface area contributed by atoms with Crippen molar-refractivity contribution in [1.82, 2.24) is 9.80 Å². The minimum atomic E-state index is -0.928. The number of rotatable bonds is 3. The van der Waals surface area contributed by atoms with Gasteiger partial charge in [-0.15, -0.1) is 0 Å². The average molecular weight is 313 g/mol. The Bertz CT molecular complexity index is 564. The normalized spacial score (nSPS) is 19.4. The van der Waals surface area contributed by atoms with Crippen molar-refractivity contribution in [2.75, 3.05) is 33.8 Å².